The van der Waals surface area contributed by atoms with Gasteiger partial charge in [0, 0.05) is 0 Å². The largest absolute Gasteiger partial charge is 0.458 e. The van der Waals surface area contributed by atoms with Crippen molar-refractivity contribution in [1.82, 2.24) is 0 Å². The molecule has 0 fully saturated rings. The van der Waals surface area contributed by atoms with Crippen LogP contribution >= 0.6 is 23.2 Å². The zero-order valence-electron chi connectivity index (χ0n) is 8.51. The van der Waals surface area contributed by atoms with Crippen LogP contribution in [0.2, 0.25) is 6.04 Å². The summed E-state index contributed by atoms with van der Waals surface area (Å²) in [6, 6.07) is 0.142. The Morgan fingerprint density at radius 2 is 1.39 bits per heavy atom. The molecule has 0 aromatic heterocycles. The van der Waals surface area contributed by atoms with Gasteiger partial charge in [0.1, 0.15) is 0 Å². The van der Waals surface area contributed by atoms with E-state index in [1.807, 2.05) is 0 Å². The first-order valence-corrected chi connectivity index (χ1v) is 6.55. The van der Waals surface area contributed by atoms with Gasteiger partial charge in [-0.05, 0) is 6.42 Å². The fourth-order valence-electron chi connectivity index (χ4n) is 0.821. The number of halogens is 9. The fraction of sp³-hybridized carbons (Fsp3) is 1.00. The molecule has 0 aliphatic rings. The zero-order chi connectivity index (χ0) is 14.6. The Morgan fingerprint density at radius 3 is 1.72 bits per heavy atom. The lowest BCUT2D eigenvalue weighted by Crippen LogP contribution is -2.55. The standard InChI is InChI=1S/C7H7Cl2F7OSi/c8-4(9)18-3-1-2-17-5(10,6(11,12)13)7(14,15)16/h4H,1-3H2. The first-order valence-electron chi connectivity index (χ1n) is 4.39. The van der Waals surface area contributed by atoms with Crippen LogP contribution in [0.25, 0.3) is 0 Å². The lowest BCUT2D eigenvalue weighted by Gasteiger charge is -2.29. The van der Waals surface area contributed by atoms with Crippen LogP contribution in [-0.2, 0) is 4.74 Å². The predicted octanol–water partition coefficient (Wildman–Crippen LogP) is 4.07. The summed E-state index contributed by atoms with van der Waals surface area (Å²) >= 11 is 10.6. The van der Waals surface area contributed by atoms with E-state index in [0.29, 0.717) is 0 Å². The van der Waals surface area contributed by atoms with Gasteiger partial charge in [-0.25, -0.2) is 0 Å². The van der Waals surface area contributed by atoms with Crippen molar-refractivity contribution in [3.8, 4) is 0 Å². The highest BCUT2D eigenvalue weighted by Crippen LogP contribution is 2.46. The highest BCUT2D eigenvalue weighted by molar-refractivity contribution is 6.68. The van der Waals surface area contributed by atoms with Gasteiger partial charge in [0.2, 0.25) is 0 Å². The van der Waals surface area contributed by atoms with Crippen LogP contribution in [0.3, 0.4) is 0 Å². The average molecular weight is 339 g/mol. The van der Waals surface area contributed by atoms with E-state index in [0.717, 1.165) is 0 Å². The van der Waals surface area contributed by atoms with Gasteiger partial charge >= 0.3 is 18.2 Å². The van der Waals surface area contributed by atoms with Gasteiger partial charge in [0.05, 0.1) is 20.6 Å². The maximum absolute atomic E-state index is 12.9. The molecule has 0 spiro atoms. The van der Waals surface area contributed by atoms with Gasteiger partial charge in [-0.3, -0.25) is 0 Å². The summed E-state index contributed by atoms with van der Waals surface area (Å²) in [5.41, 5.74) is 0. The Morgan fingerprint density at radius 1 is 0.944 bits per heavy atom. The Labute approximate surface area is 110 Å². The first-order chi connectivity index (χ1) is 7.92. The van der Waals surface area contributed by atoms with E-state index in [-0.39, 0.29) is 22.0 Å². The highest BCUT2D eigenvalue weighted by Gasteiger charge is 2.74. The van der Waals surface area contributed by atoms with Crippen molar-refractivity contribution in [2.24, 2.45) is 0 Å². The van der Waals surface area contributed by atoms with Crippen molar-refractivity contribution in [3.63, 3.8) is 0 Å². The van der Waals surface area contributed by atoms with Crippen LogP contribution in [0, 0.1) is 0 Å². The summed E-state index contributed by atoms with van der Waals surface area (Å²) in [6.07, 6.45) is -12.6. The van der Waals surface area contributed by atoms with Gasteiger partial charge in [-0.2, -0.15) is 30.7 Å². The van der Waals surface area contributed by atoms with Crippen molar-refractivity contribution in [2.75, 3.05) is 6.61 Å². The van der Waals surface area contributed by atoms with E-state index in [1.54, 1.807) is 0 Å². The molecular weight excluding hydrogens is 332 g/mol. The molecule has 0 aliphatic carbocycles. The second-order valence-electron chi connectivity index (χ2n) is 3.05. The lowest BCUT2D eigenvalue weighted by atomic mass is 10.3. The third-order valence-corrected chi connectivity index (χ3v) is 3.53. The van der Waals surface area contributed by atoms with Gasteiger partial charge < -0.3 is 4.74 Å². The molecule has 18 heavy (non-hydrogen) atoms. The molecule has 0 aromatic rings. The van der Waals surface area contributed by atoms with Crippen LogP contribution in [0.4, 0.5) is 30.7 Å². The summed E-state index contributed by atoms with van der Waals surface area (Å²) in [7, 11) is -0.0789. The number of hydrogen-bond donors (Lipinski definition) is 0. The van der Waals surface area contributed by atoms with Gasteiger partial charge in [0.15, 0.2) is 0 Å². The maximum atomic E-state index is 12.9. The quantitative estimate of drug-likeness (QED) is 0.307. The number of ether oxygens (including phenoxy) is 1. The molecule has 0 saturated carbocycles. The molecule has 108 valence electrons. The van der Waals surface area contributed by atoms with E-state index < -0.39 is 29.3 Å². The van der Waals surface area contributed by atoms with Crippen LogP contribution in [0.15, 0.2) is 0 Å². The Hall–Kier alpha value is 0.267. The number of hydrogen-bond acceptors (Lipinski definition) is 1. The monoisotopic (exact) mass is 338 g/mol. The predicted molar refractivity (Wildman–Crippen MR) is 52.6 cm³/mol. The first kappa shape index (κ1) is 18.3. The number of rotatable bonds is 6. The summed E-state index contributed by atoms with van der Waals surface area (Å²) in [6.45, 7) is -1.04. The second-order valence-corrected chi connectivity index (χ2v) is 6.36. The third kappa shape index (κ3) is 5.10. The van der Waals surface area contributed by atoms with E-state index in [9.17, 15) is 30.7 Å². The van der Waals surface area contributed by atoms with Crippen molar-refractivity contribution < 1.29 is 35.5 Å². The van der Waals surface area contributed by atoms with Crippen molar-refractivity contribution >= 4 is 32.7 Å². The summed E-state index contributed by atoms with van der Waals surface area (Å²) in [5, 5.41) is 0. The minimum absolute atomic E-state index is 0.0789. The summed E-state index contributed by atoms with van der Waals surface area (Å²) in [5.74, 6) is -5.65. The second kappa shape index (κ2) is 6.62. The van der Waals surface area contributed by atoms with Crippen LogP contribution in [0.1, 0.15) is 6.42 Å². The van der Waals surface area contributed by atoms with Gasteiger partial charge in [0.25, 0.3) is 0 Å². The van der Waals surface area contributed by atoms with Crippen molar-refractivity contribution in [2.45, 2.75) is 35.1 Å². The molecule has 0 N–H and O–H groups in total. The smallest absolute Gasteiger partial charge is 0.332 e. The van der Waals surface area contributed by atoms with Gasteiger partial charge in [-0.1, -0.05) is 6.04 Å². The lowest BCUT2D eigenvalue weighted by molar-refractivity contribution is -0.429. The van der Waals surface area contributed by atoms with Crippen LogP contribution in [-0.4, -0.2) is 38.8 Å². The maximum Gasteiger partial charge on any atom is 0.458 e. The average Bonchev–Trinajstić information content (AvgIpc) is 2.12. The van der Waals surface area contributed by atoms with Crippen LogP contribution < -0.4 is 0 Å². The minimum Gasteiger partial charge on any atom is -0.332 e. The molecule has 0 atom stereocenters. The van der Waals surface area contributed by atoms with Crippen molar-refractivity contribution in [3.05, 3.63) is 0 Å². The molecule has 0 aromatic carbocycles. The molecule has 0 aliphatic heterocycles. The zero-order valence-corrected chi connectivity index (χ0v) is 11.0. The SMILES string of the molecule is FC(F)(F)C(F)(OCCC[Si]C(Cl)Cl)C(F)(F)F. The molecule has 0 unspecified atom stereocenters. The van der Waals surface area contributed by atoms with Crippen LogP contribution in [0.5, 0.6) is 0 Å². The molecule has 1 nitrogen and oxygen atoms in total. The minimum atomic E-state index is -6.19. The molecular formula is C7H7Cl2F7OSi. The third-order valence-electron chi connectivity index (χ3n) is 1.65. The molecule has 0 saturated heterocycles. The molecule has 0 bridgehead atoms. The molecule has 0 rings (SSSR count). The molecule has 11 heteroatoms. The highest BCUT2D eigenvalue weighted by atomic mass is 35.5. The molecule has 0 heterocycles. The summed E-state index contributed by atoms with van der Waals surface area (Å²) in [4.78, 5) is 0. The Bertz CT molecular complexity index is 241. The van der Waals surface area contributed by atoms with Crippen molar-refractivity contribution in [1.29, 1.82) is 0 Å². The topological polar surface area (TPSA) is 9.23 Å². The fourth-order valence-corrected chi connectivity index (χ4v) is 2.04. The normalized spacial score (nSPS) is 14.3. The summed E-state index contributed by atoms with van der Waals surface area (Å²) < 4.78 is 87.3. The Kier molecular flexibility index (Phi) is 6.72. The number of alkyl halides is 9. The van der Waals surface area contributed by atoms with E-state index >= 15 is 0 Å². The molecule has 0 amide bonds. The van der Waals surface area contributed by atoms with Gasteiger partial charge in [-0.15, -0.1) is 23.2 Å². The van der Waals surface area contributed by atoms with E-state index in [2.05, 4.69) is 4.74 Å². The van der Waals surface area contributed by atoms with E-state index in [4.69, 9.17) is 23.2 Å². The molecule has 2 radical (unpaired) electrons. The Balaban J connectivity index is 4.39. The van der Waals surface area contributed by atoms with E-state index in [1.165, 1.54) is 0 Å².